The molecule has 0 aliphatic heterocycles. The van der Waals surface area contributed by atoms with Gasteiger partial charge in [0, 0.05) is 5.02 Å². The highest BCUT2D eigenvalue weighted by molar-refractivity contribution is 6.55. The molecule has 4 rings (SSSR count). The predicted molar refractivity (Wildman–Crippen MR) is 122 cm³/mol. The average molecular weight is 391 g/mol. The summed E-state index contributed by atoms with van der Waals surface area (Å²) in [5.74, 6) is 0. The van der Waals surface area contributed by atoms with E-state index in [0.717, 1.165) is 10.8 Å². The zero-order valence-electron chi connectivity index (χ0n) is 16.7. The molecule has 28 heavy (non-hydrogen) atoms. The van der Waals surface area contributed by atoms with Crippen LogP contribution in [0.4, 0.5) is 0 Å². The Labute approximate surface area is 171 Å². The summed E-state index contributed by atoms with van der Waals surface area (Å²) in [6.45, 7) is 7.30. The summed E-state index contributed by atoms with van der Waals surface area (Å²) in [5, 5.41) is 18.2. The SMILES string of the molecule is CC(C)(O)C(C)(C)OBc1cc2c3ccccc3c3ccccc3c2cc1Cl. The van der Waals surface area contributed by atoms with Gasteiger partial charge in [-0.1, -0.05) is 66.2 Å². The highest BCUT2D eigenvalue weighted by Crippen LogP contribution is 2.35. The smallest absolute Gasteiger partial charge is 0.310 e. The number of aliphatic hydroxyl groups is 1. The van der Waals surface area contributed by atoms with Crippen molar-refractivity contribution in [1.82, 2.24) is 0 Å². The van der Waals surface area contributed by atoms with E-state index in [0.29, 0.717) is 12.5 Å². The molecule has 4 aromatic rings. The fourth-order valence-corrected chi connectivity index (χ4v) is 3.73. The lowest BCUT2D eigenvalue weighted by atomic mass is 9.81. The maximum Gasteiger partial charge on any atom is 0.310 e. The van der Waals surface area contributed by atoms with Gasteiger partial charge in [-0.3, -0.25) is 0 Å². The van der Waals surface area contributed by atoms with Crippen LogP contribution in [0.1, 0.15) is 27.7 Å². The first kappa shape index (κ1) is 19.3. The molecular formula is C24H24BClO2. The highest BCUT2D eigenvalue weighted by Gasteiger charge is 2.35. The van der Waals surface area contributed by atoms with Crippen LogP contribution >= 0.6 is 11.6 Å². The molecule has 0 radical (unpaired) electrons. The van der Waals surface area contributed by atoms with Gasteiger partial charge in [-0.2, -0.15) is 0 Å². The molecule has 0 aliphatic carbocycles. The monoisotopic (exact) mass is 390 g/mol. The summed E-state index contributed by atoms with van der Waals surface area (Å²) >= 11 is 6.66. The third-order valence-corrected chi connectivity index (χ3v) is 6.32. The van der Waals surface area contributed by atoms with Crippen molar-refractivity contribution in [3.05, 3.63) is 65.7 Å². The maximum atomic E-state index is 10.4. The van der Waals surface area contributed by atoms with Crippen LogP contribution in [0.2, 0.25) is 5.02 Å². The van der Waals surface area contributed by atoms with Crippen LogP contribution in [0.25, 0.3) is 32.3 Å². The van der Waals surface area contributed by atoms with Gasteiger partial charge in [-0.15, -0.1) is 0 Å². The maximum absolute atomic E-state index is 10.4. The van der Waals surface area contributed by atoms with Crippen molar-refractivity contribution < 1.29 is 9.76 Å². The number of fused-ring (bicyclic) bond motifs is 6. The van der Waals surface area contributed by atoms with Gasteiger partial charge in [0.2, 0.25) is 0 Å². The van der Waals surface area contributed by atoms with E-state index in [1.165, 1.54) is 26.9 Å². The van der Waals surface area contributed by atoms with E-state index >= 15 is 0 Å². The van der Waals surface area contributed by atoms with Gasteiger partial charge in [-0.25, -0.2) is 0 Å². The second-order valence-corrected chi connectivity index (χ2v) is 8.85. The fraction of sp³-hybridized carbons (Fsp3) is 0.250. The molecule has 0 atom stereocenters. The molecule has 2 nitrogen and oxygen atoms in total. The summed E-state index contributed by atoms with van der Waals surface area (Å²) in [4.78, 5) is 0. The van der Waals surface area contributed by atoms with Crippen LogP contribution in [0.3, 0.4) is 0 Å². The number of rotatable bonds is 4. The van der Waals surface area contributed by atoms with Crippen molar-refractivity contribution in [2.75, 3.05) is 0 Å². The lowest BCUT2D eigenvalue weighted by Crippen LogP contribution is -2.49. The van der Waals surface area contributed by atoms with Crippen molar-refractivity contribution >= 4 is 56.9 Å². The van der Waals surface area contributed by atoms with Gasteiger partial charge in [0.25, 0.3) is 0 Å². The topological polar surface area (TPSA) is 29.5 Å². The predicted octanol–water partition coefficient (Wildman–Crippen LogP) is 5.34. The molecule has 4 aromatic carbocycles. The van der Waals surface area contributed by atoms with E-state index < -0.39 is 11.2 Å². The van der Waals surface area contributed by atoms with Gasteiger partial charge in [0.15, 0.2) is 0 Å². The first-order valence-electron chi connectivity index (χ1n) is 9.57. The van der Waals surface area contributed by atoms with Crippen molar-refractivity contribution in [2.24, 2.45) is 0 Å². The molecule has 0 amide bonds. The van der Waals surface area contributed by atoms with Gasteiger partial charge in [0.05, 0.1) is 11.2 Å². The largest absolute Gasteiger partial charge is 0.427 e. The van der Waals surface area contributed by atoms with Crippen LogP contribution in [0, 0.1) is 0 Å². The van der Waals surface area contributed by atoms with E-state index in [1.807, 2.05) is 19.9 Å². The van der Waals surface area contributed by atoms with Crippen LogP contribution in [0.5, 0.6) is 0 Å². The lowest BCUT2D eigenvalue weighted by molar-refractivity contribution is -0.0893. The standard InChI is InChI=1S/C24H24BClO2/c1-23(2,27)24(3,4)28-25-21-13-19-17-11-7-5-9-15(17)16-10-6-8-12-18(16)20(19)14-22(21)26/h5-14,25,27H,1-4H3. The Kier molecular flexibility index (Phi) is 4.66. The Balaban J connectivity index is 1.91. The van der Waals surface area contributed by atoms with Crippen molar-refractivity contribution in [2.45, 2.75) is 38.9 Å². The second kappa shape index (κ2) is 6.77. The quantitative estimate of drug-likeness (QED) is 0.376. The van der Waals surface area contributed by atoms with Crippen molar-refractivity contribution in [3.63, 3.8) is 0 Å². The third kappa shape index (κ3) is 3.18. The highest BCUT2D eigenvalue weighted by atomic mass is 35.5. The molecule has 1 N–H and O–H groups in total. The van der Waals surface area contributed by atoms with E-state index in [2.05, 4.69) is 54.6 Å². The van der Waals surface area contributed by atoms with E-state index in [-0.39, 0.29) is 0 Å². The Bertz CT molecular complexity index is 1190. The zero-order valence-corrected chi connectivity index (χ0v) is 17.5. The second-order valence-electron chi connectivity index (χ2n) is 8.44. The molecule has 0 heterocycles. The van der Waals surface area contributed by atoms with Crippen molar-refractivity contribution in [3.8, 4) is 0 Å². The third-order valence-electron chi connectivity index (χ3n) is 5.97. The van der Waals surface area contributed by atoms with Crippen molar-refractivity contribution in [1.29, 1.82) is 0 Å². The molecule has 0 fully saturated rings. The normalized spacial score (nSPS) is 12.8. The number of hydrogen-bond donors (Lipinski definition) is 1. The molecule has 0 saturated heterocycles. The number of halogens is 1. The lowest BCUT2D eigenvalue weighted by Gasteiger charge is -2.37. The molecule has 0 saturated carbocycles. The molecule has 0 aliphatic rings. The summed E-state index contributed by atoms with van der Waals surface area (Å²) in [5.41, 5.74) is -0.734. The molecule has 0 bridgehead atoms. The van der Waals surface area contributed by atoms with Crippen LogP contribution in [-0.2, 0) is 4.65 Å². The van der Waals surface area contributed by atoms with Crippen LogP contribution in [-0.4, -0.2) is 23.8 Å². The minimum absolute atomic E-state index is 0.340. The summed E-state index contributed by atoms with van der Waals surface area (Å²) in [6, 6.07) is 21.1. The molecular weight excluding hydrogens is 367 g/mol. The molecule has 0 spiro atoms. The first-order chi connectivity index (χ1) is 13.2. The van der Waals surface area contributed by atoms with Crippen LogP contribution < -0.4 is 5.46 Å². The average Bonchev–Trinajstić information content (AvgIpc) is 2.66. The first-order valence-corrected chi connectivity index (χ1v) is 9.95. The Hall–Kier alpha value is -2.07. The summed E-state index contributed by atoms with van der Waals surface area (Å²) in [6.07, 6.45) is 0. The van der Waals surface area contributed by atoms with E-state index in [4.69, 9.17) is 16.3 Å². The van der Waals surface area contributed by atoms with E-state index in [1.54, 1.807) is 13.8 Å². The van der Waals surface area contributed by atoms with Gasteiger partial charge >= 0.3 is 7.48 Å². The minimum Gasteiger partial charge on any atom is -0.427 e. The van der Waals surface area contributed by atoms with Gasteiger partial charge in [-0.05, 0) is 71.5 Å². The minimum atomic E-state index is -0.959. The van der Waals surface area contributed by atoms with E-state index in [9.17, 15) is 5.11 Å². The molecule has 4 heteroatoms. The Morgan fingerprint density at radius 1 is 0.750 bits per heavy atom. The zero-order chi connectivity index (χ0) is 20.1. The summed E-state index contributed by atoms with van der Waals surface area (Å²) < 4.78 is 6.07. The number of benzene rings is 4. The summed E-state index contributed by atoms with van der Waals surface area (Å²) in [7, 11) is 0.340. The molecule has 142 valence electrons. The van der Waals surface area contributed by atoms with Gasteiger partial charge < -0.3 is 9.76 Å². The molecule has 0 aromatic heterocycles. The fourth-order valence-electron chi connectivity index (χ4n) is 3.51. The Morgan fingerprint density at radius 3 is 1.64 bits per heavy atom. The van der Waals surface area contributed by atoms with Crippen LogP contribution in [0.15, 0.2) is 60.7 Å². The Morgan fingerprint density at radius 2 is 1.18 bits per heavy atom. The number of hydrogen-bond acceptors (Lipinski definition) is 2. The molecule has 0 unspecified atom stereocenters. The van der Waals surface area contributed by atoms with Gasteiger partial charge in [0.1, 0.15) is 0 Å².